The van der Waals surface area contributed by atoms with Crippen molar-refractivity contribution in [3.05, 3.63) is 0 Å². The molecule has 13 heavy (non-hydrogen) atoms. The highest BCUT2D eigenvalue weighted by atomic mass is 16.5. The van der Waals surface area contributed by atoms with E-state index in [9.17, 15) is 0 Å². The molecule has 0 spiro atoms. The van der Waals surface area contributed by atoms with Crippen LogP contribution in [0.2, 0.25) is 0 Å². The maximum Gasteiger partial charge on any atom is 0.0571 e. The van der Waals surface area contributed by atoms with E-state index in [1.807, 2.05) is 7.11 Å². The van der Waals surface area contributed by atoms with E-state index in [1.165, 1.54) is 38.5 Å². The summed E-state index contributed by atoms with van der Waals surface area (Å²) in [4.78, 5) is 0. The van der Waals surface area contributed by atoms with Crippen molar-refractivity contribution >= 4 is 0 Å². The van der Waals surface area contributed by atoms with Crippen molar-refractivity contribution in [3.63, 3.8) is 0 Å². The Kier molecular flexibility index (Phi) is 2.92. The second kappa shape index (κ2) is 4.00. The first-order valence-electron chi connectivity index (χ1n) is 5.82. The molecule has 2 aliphatic carbocycles. The van der Waals surface area contributed by atoms with Crippen LogP contribution in [0.25, 0.3) is 0 Å². The zero-order valence-electron chi connectivity index (χ0n) is 8.96. The Bertz CT molecular complexity index is 153. The summed E-state index contributed by atoms with van der Waals surface area (Å²) < 4.78 is 5.39. The first-order valence-corrected chi connectivity index (χ1v) is 5.82. The van der Waals surface area contributed by atoms with Gasteiger partial charge in [0.2, 0.25) is 0 Å². The van der Waals surface area contributed by atoms with E-state index in [0.717, 1.165) is 17.8 Å². The van der Waals surface area contributed by atoms with Crippen LogP contribution in [0.1, 0.15) is 45.4 Å². The van der Waals surface area contributed by atoms with Gasteiger partial charge in [-0.05, 0) is 56.3 Å². The van der Waals surface area contributed by atoms with E-state index < -0.39 is 0 Å². The van der Waals surface area contributed by atoms with Crippen LogP contribution in [0.15, 0.2) is 0 Å². The van der Waals surface area contributed by atoms with Crippen LogP contribution in [-0.2, 0) is 4.74 Å². The predicted molar refractivity (Wildman–Crippen MR) is 54.6 cm³/mol. The van der Waals surface area contributed by atoms with E-state index in [0.29, 0.717) is 6.10 Å². The van der Waals surface area contributed by atoms with Gasteiger partial charge in [0.15, 0.2) is 0 Å². The molecule has 0 N–H and O–H groups in total. The molecule has 0 amide bonds. The topological polar surface area (TPSA) is 9.23 Å². The lowest BCUT2D eigenvalue weighted by Crippen LogP contribution is -2.32. The fourth-order valence-corrected chi connectivity index (χ4v) is 3.15. The van der Waals surface area contributed by atoms with Crippen molar-refractivity contribution < 1.29 is 4.74 Å². The van der Waals surface area contributed by atoms with Gasteiger partial charge in [-0.15, -0.1) is 0 Å². The molecule has 2 rings (SSSR count). The Morgan fingerprint density at radius 3 is 2.00 bits per heavy atom. The number of rotatable bonds is 2. The molecule has 1 heteroatoms. The summed E-state index contributed by atoms with van der Waals surface area (Å²) in [6.45, 7) is 2.39. The summed E-state index contributed by atoms with van der Waals surface area (Å²) in [6.07, 6.45) is 9.06. The van der Waals surface area contributed by atoms with Gasteiger partial charge in [0.25, 0.3) is 0 Å². The Morgan fingerprint density at radius 1 is 0.923 bits per heavy atom. The summed E-state index contributed by atoms with van der Waals surface area (Å²) >= 11 is 0. The van der Waals surface area contributed by atoms with Crippen molar-refractivity contribution in [1.82, 2.24) is 0 Å². The van der Waals surface area contributed by atoms with Crippen LogP contribution >= 0.6 is 0 Å². The summed E-state index contributed by atoms with van der Waals surface area (Å²) in [5.41, 5.74) is 0. The quantitative estimate of drug-likeness (QED) is 0.637. The molecule has 0 heterocycles. The van der Waals surface area contributed by atoms with Gasteiger partial charge in [-0.1, -0.05) is 6.92 Å². The molecule has 0 atom stereocenters. The van der Waals surface area contributed by atoms with Gasteiger partial charge in [-0.25, -0.2) is 0 Å². The van der Waals surface area contributed by atoms with Gasteiger partial charge in [0.05, 0.1) is 6.10 Å². The molecule has 0 aromatic heterocycles. The summed E-state index contributed by atoms with van der Waals surface area (Å²) in [6, 6.07) is 0. The zero-order valence-corrected chi connectivity index (χ0v) is 8.96. The van der Waals surface area contributed by atoms with E-state index in [1.54, 1.807) is 0 Å². The van der Waals surface area contributed by atoms with Gasteiger partial charge >= 0.3 is 0 Å². The van der Waals surface area contributed by atoms with Crippen molar-refractivity contribution in [2.75, 3.05) is 7.11 Å². The summed E-state index contributed by atoms with van der Waals surface area (Å²) in [5, 5.41) is 0. The maximum atomic E-state index is 5.39. The first kappa shape index (κ1) is 9.51. The highest BCUT2D eigenvalue weighted by Gasteiger charge is 2.34. The van der Waals surface area contributed by atoms with Gasteiger partial charge in [-0.3, -0.25) is 0 Å². The number of methoxy groups -OCH3 is 1. The van der Waals surface area contributed by atoms with Crippen molar-refractivity contribution in [2.45, 2.75) is 51.6 Å². The third-order valence-electron chi connectivity index (χ3n) is 4.13. The molecule has 1 nitrogen and oxygen atoms in total. The third kappa shape index (κ3) is 2.07. The van der Waals surface area contributed by atoms with Crippen LogP contribution in [0.5, 0.6) is 0 Å². The maximum absolute atomic E-state index is 5.39. The van der Waals surface area contributed by atoms with E-state index in [2.05, 4.69) is 6.92 Å². The van der Waals surface area contributed by atoms with Gasteiger partial charge in [0.1, 0.15) is 0 Å². The van der Waals surface area contributed by atoms with Crippen LogP contribution in [-0.4, -0.2) is 13.2 Å². The molecule has 0 bridgehead atoms. The molecule has 2 saturated carbocycles. The minimum absolute atomic E-state index is 0.578. The number of hydrogen-bond donors (Lipinski definition) is 0. The molecular formula is C12H22O. The lowest BCUT2D eigenvalue weighted by molar-refractivity contribution is 0.0255. The lowest BCUT2D eigenvalue weighted by atomic mass is 9.65. The molecule has 0 aromatic carbocycles. The Morgan fingerprint density at radius 2 is 1.54 bits per heavy atom. The Hall–Kier alpha value is -0.0400. The molecule has 2 fully saturated rings. The molecule has 0 aliphatic heterocycles. The molecule has 2 aliphatic rings. The standard InChI is InChI=1S/C12H22O/c1-9-7-11(8-9)10-3-5-12(13-2)6-4-10/h9-12H,3-8H2,1-2H3. The van der Waals surface area contributed by atoms with E-state index >= 15 is 0 Å². The monoisotopic (exact) mass is 182 g/mol. The minimum atomic E-state index is 0.578. The molecular weight excluding hydrogens is 160 g/mol. The van der Waals surface area contributed by atoms with Crippen LogP contribution < -0.4 is 0 Å². The van der Waals surface area contributed by atoms with Crippen molar-refractivity contribution in [3.8, 4) is 0 Å². The van der Waals surface area contributed by atoms with Crippen LogP contribution in [0.4, 0.5) is 0 Å². The lowest BCUT2D eigenvalue weighted by Gasteiger charge is -2.41. The normalized spacial score (nSPS) is 45.7. The number of ether oxygens (including phenoxy) is 1. The fraction of sp³-hybridized carbons (Fsp3) is 1.00. The molecule has 0 radical (unpaired) electrons. The summed E-state index contributed by atoms with van der Waals surface area (Å²) in [7, 11) is 1.86. The second-order valence-corrected chi connectivity index (χ2v) is 5.11. The van der Waals surface area contributed by atoms with Gasteiger partial charge in [0, 0.05) is 7.11 Å². The predicted octanol–water partition coefficient (Wildman–Crippen LogP) is 3.24. The van der Waals surface area contributed by atoms with Crippen molar-refractivity contribution in [1.29, 1.82) is 0 Å². The average molecular weight is 182 g/mol. The molecule has 0 saturated heterocycles. The average Bonchev–Trinajstić information content (AvgIpc) is 2.13. The fourth-order valence-electron chi connectivity index (χ4n) is 3.15. The van der Waals surface area contributed by atoms with Crippen LogP contribution in [0.3, 0.4) is 0 Å². The minimum Gasteiger partial charge on any atom is -0.381 e. The van der Waals surface area contributed by atoms with Crippen LogP contribution in [0, 0.1) is 17.8 Å². The summed E-state index contributed by atoms with van der Waals surface area (Å²) in [5.74, 6) is 3.14. The largest absolute Gasteiger partial charge is 0.381 e. The SMILES string of the molecule is COC1CCC(C2CC(C)C2)CC1. The van der Waals surface area contributed by atoms with E-state index in [-0.39, 0.29) is 0 Å². The van der Waals surface area contributed by atoms with Gasteiger partial charge in [-0.2, -0.15) is 0 Å². The molecule has 0 aromatic rings. The third-order valence-corrected chi connectivity index (χ3v) is 4.13. The highest BCUT2D eigenvalue weighted by molar-refractivity contribution is 4.85. The Labute approximate surface area is 81.9 Å². The molecule has 0 unspecified atom stereocenters. The highest BCUT2D eigenvalue weighted by Crippen LogP contribution is 2.44. The van der Waals surface area contributed by atoms with E-state index in [4.69, 9.17) is 4.74 Å². The second-order valence-electron chi connectivity index (χ2n) is 5.11. The van der Waals surface area contributed by atoms with Gasteiger partial charge < -0.3 is 4.74 Å². The first-order chi connectivity index (χ1) is 6.29. The smallest absolute Gasteiger partial charge is 0.0571 e. The Balaban J connectivity index is 1.72. The van der Waals surface area contributed by atoms with Crippen molar-refractivity contribution in [2.24, 2.45) is 17.8 Å². The number of hydrogen-bond acceptors (Lipinski definition) is 1. The molecule has 76 valence electrons. The zero-order chi connectivity index (χ0) is 9.26.